The Hall–Kier alpha value is -1.34. The molecular weight excluding hydrogens is 404 g/mol. The Balaban J connectivity index is 1.65. The number of halogens is 1. The summed E-state index contributed by atoms with van der Waals surface area (Å²) in [5.74, 6) is 0.0350. The topological polar surface area (TPSA) is 60.0 Å². The monoisotopic (exact) mass is 438 g/mol. The molecule has 1 heterocycles. The third-order valence-electron chi connectivity index (χ3n) is 6.68. The van der Waals surface area contributed by atoms with E-state index in [4.69, 9.17) is 25.8 Å². The van der Waals surface area contributed by atoms with Gasteiger partial charge in [0.15, 0.2) is 5.79 Å². The molecule has 2 fully saturated rings. The second kappa shape index (κ2) is 9.86. The first-order chi connectivity index (χ1) is 14.3. The van der Waals surface area contributed by atoms with Gasteiger partial charge in [-0.1, -0.05) is 24.6 Å². The Labute approximate surface area is 185 Å². The number of rotatable bonds is 8. The molecule has 168 valence electrons. The number of hydrogen-bond acceptors (Lipinski definition) is 5. The van der Waals surface area contributed by atoms with Gasteiger partial charge in [0.05, 0.1) is 30.8 Å². The van der Waals surface area contributed by atoms with Gasteiger partial charge < -0.3 is 24.4 Å². The maximum Gasteiger partial charge on any atom is 0.227 e. The first kappa shape index (κ1) is 23.3. The Morgan fingerprint density at radius 3 is 2.40 bits per heavy atom. The average molecular weight is 439 g/mol. The van der Waals surface area contributed by atoms with Crippen LogP contribution in [0.5, 0.6) is 5.75 Å². The summed E-state index contributed by atoms with van der Waals surface area (Å²) in [6.45, 7) is 6.46. The Kier molecular flexibility index (Phi) is 7.66. The zero-order valence-corrected chi connectivity index (χ0v) is 19.4. The van der Waals surface area contributed by atoms with Crippen molar-refractivity contribution in [1.82, 2.24) is 10.2 Å². The van der Waals surface area contributed by atoms with Gasteiger partial charge in [-0.25, -0.2) is 0 Å². The van der Waals surface area contributed by atoms with Crippen molar-refractivity contribution >= 4 is 17.5 Å². The summed E-state index contributed by atoms with van der Waals surface area (Å²) in [7, 11) is 4.17. The van der Waals surface area contributed by atoms with Crippen molar-refractivity contribution in [3.8, 4) is 5.75 Å². The van der Waals surface area contributed by atoms with Crippen LogP contribution >= 0.6 is 11.6 Å². The fourth-order valence-electron chi connectivity index (χ4n) is 4.62. The van der Waals surface area contributed by atoms with E-state index >= 15 is 0 Å². The third-order valence-corrected chi connectivity index (χ3v) is 6.97. The minimum Gasteiger partial charge on any atom is -0.492 e. The van der Waals surface area contributed by atoms with Gasteiger partial charge in [-0.3, -0.25) is 4.79 Å². The lowest BCUT2D eigenvalue weighted by Gasteiger charge is -2.47. The van der Waals surface area contributed by atoms with Gasteiger partial charge in [0.2, 0.25) is 5.91 Å². The molecule has 30 heavy (non-hydrogen) atoms. The molecule has 1 atom stereocenters. The third kappa shape index (κ3) is 4.93. The highest BCUT2D eigenvalue weighted by Crippen LogP contribution is 2.42. The maximum atomic E-state index is 13.1. The molecule has 2 aliphatic rings. The number of carbonyl (C=O) groups is 1. The second-order valence-electron chi connectivity index (χ2n) is 8.53. The Morgan fingerprint density at radius 1 is 1.20 bits per heavy atom. The number of nitrogens with one attached hydrogen (secondary N) is 1. The van der Waals surface area contributed by atoms with Crippen LogP contribution in [-0.2, 0) is 14.3 Å². The highest BCUT2D eigenvalue weighted by molar-refractivity contribution is 6.32. The lowest BCUT2D eigenvalue weighted by molar-refractivity contribution is -0.192. The predicted octanol–water partition coefficient (Wildman–Crippen LogP) is 3.97. The number of likely N-dealkylation sites (N-methyl/N-ethyl adjacent to an activating group) is 1. The van der Waals surface area contributed by atoms with Crippen molar-refractivity contribution in [3.05, 3.63) is 28.8 Å². The normalized spacial score (nSPS) is 21.0. The molecule has 1 aliphatic carbocycles. The number of ether oxygens (including phenoxy) is 3. The first-order valence-electron chi connectivity index (χ1n) is 11.0. The van der Waals surface area contributed by atoms with E-state index in [0.717, 1.165) is 31.2 Å². The molecule has 1 N–H and O–H groups in total. The van der Waals surface area contributed by atoms with Gasteiger partial charge in [0.25, 0.3) is 0 Å². The van der Waals surface area contributed by atoms with E-state index in [9.17, 15) is 4.79 Å². The van der Waals surface area contributed by atoms with E-state index in [-0.39, 0.29) is 17.4 Å². The minimum absolute atomic E-state index is 0.0348. The number of amides is 1. The van der Waals surface area contributed by atoms with Crippen LogP contribution in [0.2, 0.25) is 5.02 Å². The van der Waals surface area contributed by atoms with Crippen LogP contribution in [0, 0.1) is 0 Å². The number of nitrogens with zero attached hydrogens (tertiary/aromatic N) is 1. The van der Waals surface area contributed by atoms with Crippen molar-refractivity contribution in [3.63, 3.8) is 0 Å². The van der Waals surface area contributed by atoms with Crippen LogP contribution in [-0.4, -0.2) is 62.6 Å². The van der Waals surface area contributed by atoms with E-state index in [2.05, 4.69) is 24.3 Å². The van der Waals surface area contributed by atoms with Crippen LogP contribution in [0.1, 0.15) is 57.4 Å². The summed E-state index contributed by atoms with van der Waals surface area (Å²) in [5, 5.41) is 3.77. The molecule has 3 rings (SSSR count). The molecule has 1 saturated carbocycles. The SMILES string of the molecule is CCOc1ccc(C(CC)C(=O)NCC2(N(C)C)CCC3(CC2)OCCO3)cc1Cl. The molecular formula is C23H35ClN2O4. The van der Waals surface area contributed by atoms with Gasteiger partial charge in [0.1, 0.15) is 5.75 Å². The second-order valence-corrected chi connectivity index (χ2v) is 8.94. The first-order valence-corrected chi connectivity index (χ1v) is 11.4. The summed E-state index contributed by atoms with van der Waals surface area (Å²) in [6.07, 6.45) is 4.26. The molecule has 1 aliphatic heterocycles. The Morgan fingerprint density at radius 2 is 1.87 bits per heavy atom. The quantitative estimate of drug-likeness (QED) is 0.665. The number of carbonyl (C=O) groups excluding carboxylic acids is 1. The molecule has 1 amide bonds. The summed E-state index contributed by atoms with van der Waals surface area (Å²) in [4.78, 5) is 15.3. The molecule has 0 bridgehead atoms. The zero-order valence-electron chi connectivity index (χ0n) is 18.6. The molecule has 7 heteroatoms. The molecule has 6 nitrogen and oxygen atoms in total. The van der Waals surface area contributed by atoms with E-state index in [1.54, 1.807) is 0 Å². The van der Waals surface area contributed by atoms with Crippen molar-refractivity contribution in [2.45, 2.75) is 63.2 Å². The van der Waals surface area contributed by atoms with Gasteiger partial charge in [-0.05, 0) is 58.0 Å². The van der Waals surface area contributed by atoms with Crippen LogP contribution in [0.15, 0.2) is 18.2 Å². The van der Waals surface area contributed by atoms with Crippen LogP contribution in [0.4, 0.5) is 0 Å². The van der Waals surface area contributed by atoms with Crippen molar-refractivity contribution in [2.75, 3.05) is 40.5 Å². The molecule has 0 radical (unpaired) electrons. The molecule has 1 aromatic carbocycles. The standard InChI is InChI=1S/C23H35ClN2O4/c1-5-18(17-7-8-20(28-6-2)19(24)15-17)21(27)25-16-22(26(3)4)9-11-23(12-10-22)29-13-14-30-23/h7-8,15,18H,5-6,9-14,16H2,1-4H3,(H,25,27). The number of benzene rings is 1. The molecule has 0 aromatic heterocycles. The van der Waals surface area contributed by atoms with Crippen molar-refractivity contribution < 1.29 is 19.0 Å². The summed E-state index contributed by atoms with van der Waals surface area (Å²) < 4.78 is 17.3. The highest BCUT2D eigenvalue weighted by atomic mass is 35.5. The number of hydrogen-bond donors (Lipinski definition) is 1. The molecule has 1 unspecified atom stereocenters. The predicted molar refractivity (Wildman–Crippen MR) is 118 cm³/mol. The fraction of sp³-hybridized carbons (Fsp3) is 0.696. The zero-order chi connectivity index (χ0) is 21.8. The largest absolute Gasteiger partial charge is 0.492 e. The van der Waals surface area contributed by atoms with Crippen molar-refractivity contribution in [1.29, 1.82) is 0 Å². The van der Waals surface area contributed by atoms with Gasteiger partial charge >= 0.3 is 0 Å². The summed E-state index contributed by atoms with van der Waals surface area (Å²) in [5.41, 5.74) is 0.822. The van der Waals surface area contributed by atoms with E-state index < -0.39 is 5.79 Å². The van der Waals surface area contributed by atoms with Crippen LogP contribution in [0.25, 0.3) is 0 Å². The summed E-state index contributed by atoms with van der Waals surface area (Å²) in [6, 6.07) is 5.63. The van der Waals surface area contributed by atoms with E-state index in [1.807, 2.05) is 32.0 Å². The van der Waals surface area contributed by atoms with E-state index in [0.29, 0.717) is 43.6 Å². The molecule has 1 aromatic rings. The summed E-state index contributed by atoms with van der Waals surface area (Å²) >= 11 is 6.35. The average Bonchev–Trinajstić information content (AvgIpc) is 3.18. The lowest BCUT2D eigenvalue weighted by Crippen LogP contribution is -2.57. The van der Waals surface area contributed by atoms with Crippen molar-refractivity contribution in [2.24, 2.45) is 0 Å². The molecule has 1 spiro atoms. The minimum atomic E-state index is -0.408. The Bertz CT molecular complexity index is 724. The van der Waals surface area contributed by atoms with Crippen LogP contribution in [0.3, 0.4) is 0 Å². The maximum absolute atomic E-state index is 13.1. The fourth-order valence-corrected chi connectivity index (χ4v) is 4.86. The van der Waals surface area contributed by atoms with Gasteiger partial charge in [0, 0.05) is 24.9 Å². The highest BCUT2D eigenvalue weighted by Gasteiger charge is 2.47. The van der Waals surface area contributed by atoms with Gasteiger partial charge in [-0.15, -0.1) is 0 Å². The van der Waals surface area contributed by atoms with Crippen LogP contribution < -0.4 is 10.1 Å². The smallest absolute Gasteiger partial charge is 0.227 e. The molecule has 1 saturated heterocycles. The lowest BCUT2D eigenvalue weighted by atomic mass is 9.77. The van der Waals surface area contributed by atoms with E-state index in [1.165, 1.54) is 0 Å². The van der Waals surface area contributed by atoms with Gasteiger partial charge in [-0.2, -0.15) is 0 Å².